The van der Waals surface area contributed by atoms with E-state index in [-0.39, 0.29) is 0 Å². The summed E-state index contributed by atoms with van der Waals surface area (Å²) in [6, 6.07) is 7.56. The van der Waals surface area contributed by atoms with Crippen LogP contribution < -0.4 is 21.7 Å². The topological polar surface area (TPSA) is 79.1 Å². The summed E-state index contributed by atoms with van der Waals surface area (Å²) in [7, 11) is 0. The van der Waals surface area contributed by atoms with Crippen LogP contribution in [-0.4, -0.2) is 9.97 Å². The average molecular weight is 214 g/mol. The Kier molecular flexibility index (Phi) is 1.87. The van der Waals surface area contributed by atoms with Crippen LogP contribution in [0.4, 0.5) is 23.0 Å². The second-order valence-corrected chi connectivity index (χ2v) is 3.36. The second kappa shape index (κ2) is 3.35. The van der Waals surface area contributed by atoms with Crippen LogP contribution in [-0.2, 0) is 0 Å². The lowest BCUT2D eigenvalue weighted by atomic mass is 10.2. The van der Waals surface area contributed by atoms with Gasteiger partial charge in [0.05, 0.1) is 11.4 Å². The van der Waals surface area contributed by atoms with Gasteiger partial charge in [-0.2, -0.15) is 0 Å². The first-order chi connectivity index (χ1) is 7.86. The van der Waals surface area contributed by atoms with Crippen LogP contribution in [0.15, 0.2) is 36.7 Å². The molecular weight excluding hydrogens is 204 g/mol. The lowest BCUT2D eigenvalue weighted by molar-refractivity contribution is 0.853. The van der Waals surface area contributed by atoms with Crippen LogP contribution in [0, 0.1) is 0 Å². The van der Waals surface area contributed by atoms with Crippen LogP contribution in [0.5, 0.6) is 0 Å². The molecule has 0 aliphatic carbocycles. The van der Waals surface area contributed by atoms with E-state index in [1.54, 1.807) is 17.4 Å². The van der Waals surface area contributed by atoms with Gasteiger partial charge in [-0.3, -0.25) is 5.43 Å². The van der Waals surface area contributed by atoms with Crippen molar-refractivity contribution in [2.24, 2.45) is 0 Å². The van der Waals surface area contributed by atoms with Gasteiger partial charge in [0.15, 0.2) is 11.6 Å². The molecular formula is C10H10N6. The summed E-state index contributed by atoms with van der Waals surface area (Å²) in [5, 5.41) is 1.76. The zero-order chi connectivity index (χ0) is 11.0. The molecule has 0 fully saturated rings. The van der Waals surface area contributed by atoms with Crippen LogP contribution in [0.2, 0.25) is 0 Å². The third-order valence-electron chi connectivity index (χ3n) is 2.35. The summed E-state index contributed by atoms with van der Waals surface area (Å²) < 4.78 is 0. The average Bonchev–Trinajstić information content (AvgIpc) is 2.74. The summed E-state index contributed by atoms with van der Waals surface area (Å²) in [5.74, 6) is 1.39. The molecule has 0 amide bonds. The van der Waals surface area contributed by atoms with Gasteiger partial charge in [-0.05, 0) is 12.1 Å². The molecule has 6 heteroatoms. The number of hydrazine groups is 2. The largest absolute Gasteiger partial charge is 0.397 e. The first kappa shape index (κ1) is 8.93. The third-order valence-corrected chi connectivity index (χ3v) is 2.35. The monoisotopic (exact) mass is 214 g/mol. The number of nitrogens with two attached hydrogens (primary N) is 1. The third kappa shape index (κ3) is 1.24. The van der Waals surface area contributed by atoms with Gasteiger partial charge in [0.25, 0.3) is 0 Å². The fourth-order valence-electron chi connectivity index (χ4n) is 1.61. The van der Waals surface area contributed by atoms with E-state index >= 15 is 0 Å². The zero-order valence-electron chi connectivity index (χ0n) is 8.38. The molecule has 0 atom stereocenters. The van der Waals surface area contributed by atoms with Crippen molar-refractivity contribution in [3.8, 4) is 0 Å². The number of aromatic nitrogens is 2. The quantitative estimate of drug-likeness (QED) is 0.615. The van der Waals surface area contributed by atoms with Gasteiger partial charge in [-0.25, -0.2) is 15.0 Å². The van der Waals surface area contributed by atoms with E-state index in [0.29, 0.717) is 17.3 Å². The highest BCUT2D eigenvalue weighted by Gasteiger charge is 2.23. The minimum absolute atomic E-state index is 0.676. The standard InChI is InChI=1S/C10H10N6/c11-7-3-1-2-4-8(7)16-10-9(14-15-16)12-5-6-13-10/h1-6,15H,11H2,(H,12,14). The number of benzene rings is 1. The molecule has 2 aromatic rings. The summed E-state index contributed by atoms with van der Waals surface area (Å²) in [4.78, 5) is 8.39. The maximum atomic E-state index is 5.90. The number of nitrogen functional groups attached to an aromatic ring is 1. The van der Waals surface area contributed by atoms with Gasteiger partial charge in [0.2, 0.25) is 0 Å². The van der Waals surface area contributed by atoms with Crippen molar-refractivity contribution in [2.45, 2.75) is 0 Å². The molecule has 0 spiro atoms. The first-order valence-corrected chi connectivity index (χ1v) is 4.83. The molecule has 2 heterocycles. The Bertz CT molecular complexity index is 526. The predicted octanol–water partition coefficient (Wildman–Crippen LogP) is 1.04. The minimum atomic E-state index is 0.676. The van der Waals surface area contributed by atoms with E-state index in [1.807, 2.05) is 24.3 Å². The maximum absolute atomic E-state index is 5.90. The predicted molar refractivity (Wildman–Crippen MR) is 61.8 cm³/mol. The summed E-state index contributed by atoms with van der Waals surface area (Å²) in [6.07, 6.45) is 3.27. The van der Waals surface area contributed by atoms with Crippen molar-refractivity contribution in [1.82, 2.24) is 15.5 Å². The number of nitrogens with one attached hydrogen (secondary N) is 2. The number of para-hydroxylation sites is 2. The number of anilines is 4. The van der Waals surface area contributed by atoms with Crippen LogP contribution in [0.25, 0.3) is 0 Å². The number of hydrogen-bond donors (Lipinski definition) is 3. The molecule has 0 bridgehead atoms. The summed E-state index contributed by atoms with van der Waals surface area (Å²) in [5.41, 5.74) is 13.3. The highest BCUT2D eigenvalue weighted by atomic mass is 15.7. The maximum Gasteiger partial charge on any atom is 0.193 e. The SMILES string of the molecule is Nc1ccccc1N1NNc2nccnc21. The molecule has 16 heavy (non-hydrogen) atoms. The Labute approximate surface area is 92.1 Å². The van der Waals surface area contributed by atoms with E-state index in [2.05, 4.69) is 20.9 Å². The van der Waals surface area contributed by atoms with Crippen molar-refractivity contribution in [2.75, 3.05) is 16.2 Å². The van der Waals surface area contributed by atoms with Gasteiger partial charge in [0.1, 0.15) is 0 Å². The highest BCUT2D eigenvalue weighted by Crippen LogP contribution is 2.33. The Balaban J connectivity index is 2.08. The van der Waals surface area contributed by atoms with Gasteiger partial charge >= 0.3 is 0 Å². The molecule has 1 aliphatic rings. The number of fused-ring (bicyclic) bond motifs is 1. The molecule has 3 rings (SSSR count). The van der Waals surface area contributed by atoms with E-state index < -0.39 is 0 Å². The highest BCUT2D eigenvalue weighted by molar-refractivity contribution is 5.79. The number of nitrogens with zero attached hydrogens (tertiary/aromatic N) is 3. The summed E-state index contributed by atoms with van der Waals surface area (Å²) in [6.45, 7) is 0. The first-order valence-electron chi connectivity index (χ1n) is 4.83. The van der Waals surface area contributed by atoms with Crippen LogP contribution >= 0.6 is 0 Å². The number of hydrogen-bond acceptors (Lipinski definition) is 6. The fourth-order valence-corrected chi connectivity index (χ4v) is 1.61. The Morgan fingerprint density at radius 3 is 2.81 bits per heavy atom. The van der Waals surface area contributed by atoms with Crippen LogP contribution in [0.3, 0.4) is 0 Å². The molecule has 0 saturated carbocycles. The van der Waals surface area contributed by atoms with Crippen molar-refractivity contribution in [3.05, 3.63) is 36.7 Å². The second-order valence-electron chi connectivity index (χ2n) is 3.36. The van der Waals surface area contributed by atoms with Gasteiger partial charge < -0.3 is 5.73 Å². The Morgan fingerprint density at radius 2 is 1.94 bits per heavy atom. The molecule has 0 saturated heterocycles. The van der Waals surface area contributed by atoms with Crippen molar-refractivity contribution >= 4 is 23.0 Å². The Morgan fingerprint density at radius 1 is 1.12 bits per heavy atom. The number of rotatable bonds is 1. The molecule has 0 unspecified atom stereocenters. The molecule has 1 aromatic heterocycles. The van der Waals surface area contributed by atoms with Crippen molar-refractivity contribution < 1.29 is 0 Å². The fraction of sp³-hybridized carbons (Fsp3) is 0. The molecule has 80 valence electrons. The van der Waals surface area contributed by atoms with E-state index in [1.165, 1.54) is 0 Å². The molecule has 4 N–H and O–H groups in total. The van der Waals surface area contributed by atoms with E-state index in [4.69, 9.17) is 5.73 Å². The lowest BCUT2D eigenvalue weighted by Crippen LogP contribution is -2.32. The van der Waals surface area contributed by atoms with E-state index in [9.17, 15) is 0 Å². The molecule has 1 aromatic carbocycles. The molecule has 1 aliphatic heterocycles. The van der Waals surface area contributed by atoms with Crippen molar-refractivity contribution in [1.29, 1.82) is 0 Å². The normalized spacial score (nSPS) is 13.4. The lowest BCUT2D eigenvalue weighted by Gasteiger charge is -2.17. The van der Waals surface area contributed by atoms with Crippen molar-refractivity contribution in [3.63, 3.8) is 0 Å². The smallest absolute Gasteiger partial charge is 0.193 e. The van der Waals surface area contributed by atoms with Gasteiger partial charge in [-0.1, -0.05) is 12.1 Å². The summed E-state index contributed by atoms with van der Waals surface area (Å²) >= 11 is 0. The molecule has 6 nitrogen and oxygen atoms in total. The van der Waals surface area contributed by atoms with Crippen LogP contribution in [0.1, 0.15) is 0 Å². The Hall–Kier alpha value is -2.34. The van der Waals surface area contributed by atoms with Gasteiger partial charge in [-0.15, -0.1) is 5.53 Å². The minimum Gasteiger partial charge on any atom is -0.397 e. The van der Waals surface area contributed by atoms with Gasteiger partial charge in [0, 0.05) is 12.4 Å². The zero-order valence-corrected chi connectivity index (χ0v) is 8.38. The van der Waals surface area contributed by atoms with E-state index in [0.717, 1.165) is 5.69 Å². The molecule has 0 radical (unpaired) electrons.